The van der Waals surface area contributed by atoms with Gasteiger partial charge in [-0.3, -0.25) is 9.78 Å². The molecule has 1 fully saturated rings. The fourth-order valence-electron chi connectivity index (χ4n) is 2.43. The Hall–Kier alpha value is -2.01. The van der Waals surface area contributed by atoms with E-state index in [4.69, 9.17) is 15.6 Å². The molecule has 10 heteroatoms. The van der Waals surface area contributed by atoms with Crippen molar-refractivity contribution in [2.75, 3.05) is 12.3 Å². The van der Waals surface area contributed by atoms with Gasteiger partial charge in [0.15, 0.2) is 11.2 Å². The van der Waals surface area contributed by atoms with Gasteiger partial charge in [-0.05, 0) is 0 Å². The topological polar surface area (TPSA) is 160 Å². The number of H-pyrrole nitrogens is 1. The summed E-state index contributed by atoms with van der Waals surface area (Å²) >= 11 is 0. The summed E-state index contributed by atoms with van der Waals surface area (Å²) in [4.78, 5) is 21.9. The van der Waals surface area contributed by atoms with Crippen LogP contribution in [0.15, 0.2) is 11.1 Å². The van der Waals surface area contributed by atoms with E-state index < -0.39 is 36.6 Å². The molecule has 1 aliphatic rings. The normalized spacial score (nSPS) is 29.3. The van der Waals surface area contributed by atoms with Gasteiger partial charge in [-0.2, -0.15) is 4.98 Å². The van der Waals surface area contributed by atoms with E-state index in [0.717, 1.165) is 0 Å². The third kappa shape index (κ3) is 2.27. The Bertz CT molecular complexity index is 713. The molecule has 2 aromatic rings. The number of nitrogens with zero attached hydrogens (tertiary/aromatic N) is 3. The fraction of sp³-hybridized carbons (Fsp3) is 0.545. The van der Waals surface area contributed by atoms with Gasteiger partial charge in [0.05, 0.1) is 19.5 Å². The summed E-state index contributed by atoms with van der Waals surface area (Å²) in [5, 5.41) is 28.7. The summed E-state index contributed by atoms with van der Waals surface area (Å²) < 4.78 is 6.88. The first-order valence-electron chi connectivity index (χ1n) is 6.34. The molecule has 4 atom stereocenters. The SMILES string of the molecule is Nc1nc2c(ncn2C[C@H]2O[C@H](CO)[C@@H](O)[C@@H]2O)c(=O)[nH]1. The van der Waals surface area contributed by atoms with Crippen LogP contribution in [0.2, 0.25) is 0 Å². The van der Waals surface area contributed by atoms with E-state index in [0.29, 0.717) is 0 Å². The highest BCUT2D eigenvalue weighted by Crippen LogP contribution is 2.23. The number of nitrogens with two attached hydrogens (primary N) is 1. The average molecular weight is 297 g/mol. The lowest BCUT2D eigenvalue weighted by Crippen LogP contribution is -2.35. The first-order chi connectivity index (χ1) is 10.0. The zero-order valence-corrected chi connectivity index (χ0v) is 10.9. The Balaban J connectivity index is 1.91. The molecule has 0 spiro atoms. The lowest BCUT2D eigenvalue weighted by Gasteiger charge is -2.15. The van der Waals surface area contributed by atoms with Crippen LogP contribution < -0.4 is 11.3 Å². The van der Waals surface area contributed by atoms with E-state index in [2.05, 4.69) is 15.0 Å². The van der Waals surface area contributed by atoms with E-state index in [1.165, 1.54) is 10.9 Å². The molecule has 6 N–H and O–H groups in total. The van der Waals surface area contributed by atoms with Gasteiger partial charge in [-0.15, -0.1) is 0 Å². The van der Waals surface area contributed by atoms with Crippen molar-refractivity contribution in [1.29, 1.82) is 0 Å². The summed E-state index contributed by atoms with van der Waals surface area (Å²) in [6.07, 6.45) is -2.55. The predicted octanol–water partition coefficient (Wildman–Crippen LogP) is -2.82. The van der Waals surface area contributed by atoms with Crippen LogP contribution in [0.25, 0.3) is 11.2 Å². The minimum Gasteiger partial charge on any atom is -0.394 e. The van der Waals surface area contributed by atoms with Crippen molar-refractivity contribution in [3.8, 4) is 0 Å². The number of hydrogen-bond donors (Lipinski definition) is 5. The second-order valence-corrected chi connectivity index (χ2v) is 4.90. The maximum absolute atomic E-state index is 11.7. The first kappa shape index (κ1) is 13.9. The number of hydrogen-bond acceptors (Lipinski definition) is 8. The minimum absolute atomic E-state index is 0.0459. The quantitative estimate of drug-likeness (QED) is 0.405. The number of fused-ring (bicyclic) bond motifs is 1. The molecule has 3 rings (SSSR count). The fourth-order valence-corrected chi connectivity index (χ4v) is 2.43. The van der Waals surface area contributed by atoms with Crippen molar-refractivity contribution in [2.24, 2.45) is 0 Å². The number of nitrogens with one attached hydrogen (secondary N) is 1. The van der Waals surface area contributed by atoms with Crippen molar-refractivity contribution in [3.05, 3.63) is 16.7 Å². The van der Waals surface area contributed by atoms with Crippen LogP contribution in [0.1, 0.15) is 0 Å². The molecule has 114 valence electrons. The Labute approximate surface area is 117 Å². The lowest BCUT2D eigenvalue weighted by molar-refractivity contribution is -0.0262. The molecule has 0 saturated carbocycles. The van der Waals surface area contributed by atoms with Crippen molar-refractivity contribution in [1.82, 2.24) is 19.5 Å². The molecule has 1 saturated heterocycles. The second kappa shape index (κ2) is 5.07. The third-order valence-corrected chi connectivity index (χ3v) is 3.51. The summed E-state index contributed by atoms with van der Waals surface area (Å²) in [6, 6.07) is 0. The van der Waals surface area contributed by atoms with Gasteiger partial charge in [-0.1, -0.05) is 0 Å². The number of anilines is 1. The molecule has 21 heavy (non-hydrogen) atoms. The molecule has 0 radical (unpaired) electrons. The highest BCUT2D eigenvalue weighted by Gasteiger charge is 2.42. The molecular formula is C11H15N5O5. The number of aliphatic hydroxyl groups excluding tert-OH is 3. The first-order valence-corrected chi connectivity index (χ1v) is 6.34. The molecule has 0 bridgehead atoms. The Morgan fingerprint density at radius 3 is 2.76 bits per heavy atom. The van der Waals surface area contributed by atoms with Crippen LogP contribution in [0, 0.1) is 0 Å². The Kier molecular flexibility index (Phi) is 3.37. The smallest absolute Gasteiger partial charge is 0.280 e. The number of aliphatic hydroxyl groups is 3. The highest BCUT2D eigenvalue weighted by atomic mass is 16.6. The third-order valence-electron chi connectivity index (χ3n) is 3.51. The summed E-state index contributed by atoms with van der Waals surface area (Å²) in [7, 11) is 0. The summed E-state index contributed by atoms with van der Waals surface area (Å²) in [5.74, 6) is -0.0459. The maximum Gasteiger partial charge on any atom is 0.280 e. The molecule has 0 aliphatic carbocycles. The molecule has 3 heterocycles. The van der Waals surface area contributed by atoms with Crippen LogP contribution in [-0.2, 0) is 11.3 Å². The van der Waals surface area contributed by atoms with Crippen LogP contribution in [0.4, 0.5) is 5.95 Å². The molecule has 0 amide bonds. The van der Waals surface area contributed by atoms with Crippen molar-refractivity contribution >= 4 is 17.1 Å². The Morgan fingerprint density at radius 1 is 1.38 bits per heavy atom. The van der Waals surface area contributed by atoms with Gasteiger partial charge in [0.2, 0.25) is 5.95 Å². The highest BCUT2D eigenvalue weighted by molar-refractivity contribution is 5.70. The number of aromatic nitrogens is 4. The molecular weight excluding hydrogens is 282 g/mol. The average Bonchev–Trinajstić information content (AvgIpc) is 2.96. The van der Waals surface area contributed by atoms with Crippen molar-refractivity contribution in [3.63, 3.8) is 0 Å². The van der Waals surface area contributed by atoms with E-state index in [1.54, 1.807) is 0 Å². The van der Waals surface area contributed by atoms with Crippen LogP contribution >= 0.6 is 0 Å². The molecule has 1 aliphatic heterocycles. The zero-order valence-electron chi connectivity index (χ0n) is 10.9. The second-order valence-electron chi connectivity index (χ2n) is 4.90. The summed E-state index contributed by atoms with van der Waals surface area (Å²) in [6.45, 7) is -0.286. The van der Waals surface area contributed by atoms with Crippen LogP contribution in [0.3, 0.4) is 0 Å². The van der Waals surface area contributed by atoms with E-state index in [1.807, 2.05) is 0 Å². The van der Waals surface area contributed by atoms with E-state index >= 15 is 0 Å². The maximum atomic E-state index is 11.7. The molecule has 2 aromatic heterocycles. The number of ether oxygens (including phenoxy) is 1. The number of imidazole rings is 1. The predicted molar refractivity (Wildman–Crippen MR) is 70.3 cm³/mol. The monoisotopic (exact) mass is 297 g/mol. The standard InChI is InChI=1S/C11H15N5O5/c12-11-14-9-6(10(20)15-11)13-3-16(9)1-4-7(18)8(19)5(2-17)21-4/h3-5,7-8,17-19H,1-2H2,(H3,12,14,15,20)/t4-,5-,7-,8-/m1/s1. The summed E-state index contributed by atoms with van der Waals surface area (Å²) in [5.41, 5.74) is 5.41. The molecule has 0 aromatic carbocycles. The number of nitrogen functional groups attached to an aromatic ring is 1. The van der Waals surface area contributed by atoms with Gasteiger partial charge in [0.25, 0.3) is 5.56 Å². The van der Waals surface area contributed by atoms with E-state index in [-0.39, 0.29) is 23.7 Å². The minimum atomic E-state index is -1.17. The zero-order chi connectivity index (χ0) is 15.1. The van der Waals surface area contributed by atoms with Crippen molar-refractivity contribution in [2.45, 2.75) is 31.0 Å². The van der Waals surface area contributed by atoms with Crippen molar-refractivity contribution < 1.29 is 20.1 Å². The molecule has 10 nitrogen and oxygen atoms in total. The number of rotatable bonds is 3. The van der Waals surface area contributed by atoms with Gasteiger partial charge >= 0.3 is 0 Å². The van der Waals surface area contributed by atoms with Crippen LogP contribution in [0.5, 0.6) is 0 Å². The van der Waals surface area contributed by atoms with Gasteiger partial charge in [0, 0.05) is 0 Å². The number of aromatic amines is 1. The van der Waals surface area contributed by atoms with Gasteiger partial charge in [-0.25, -0.2) is 4.98 Å². The van der Waals surface area contributed by atoms with Gasteiger partial charge < -0.3 is 30.4 Å². The van der Waals surface area contributed by atoms with Crippen LogP contribution in [-0.4, -0.2) is 65.9 Å². The van der Waals surface area contributed by atoms with E-state index in [9.17, 15) is 15.0 Å². The molecule has 0 unspecified atom stereocenters. The Morgan fingerprint density at radius 2 is 2.10 bits per heavy atom. The van der Waals surface area contributed by atoms with Gasteiger partial charge in [0.1, 0.15) is 24.4 Å². The lowest BCUT2D eigenvalue weighted by atomic mass is 10.1. The largest absolute Gasteiger partial charge is 0.394 e.